The average Bonchev–Trinajstić information content (AvgIpc) is 3.12. The summed E-state index contributed by atoms with van der Waals surface area (Å²) in [4.78, 5) is 14.2. The molecule has 2 nitrogen and oxygen atoms in total. The molecule has 1 aliphatic carbocycles. The molecule has 0 amide bonds. The second kappa shape index (κ2) is 7.84. The van der Waals surface area contributed by atoms with Crippen molar-refractivity contribution in [2.45, 2.75) is 20.5 Å². The smallest absolute Gasteiger partial charge is 0.310 e. The number of carbonyl (C=O) groups is 1. The number of hydrogen-bond acceptors (Lipinski definition) is 2. The van der Waals surface area contributed by atoms with Gasteiger partial charge in [-0.2, -0.15) is 0 Å². The Balaban J connectivity index is 2.17. The highest BCUT2D eigenvalue weighted by Gasteiger charge is 2.63. The van der Waals surface area contributed by atoms with Gasteiger partial charge in [-0.25, -0.2) is 0 Å². The molecule has 2 unspecified atom stereocenters. The predicted octanol–water partition coefficient (Wildman–Crippen LogP) is 7.90. The van der Waals surface area contributed by atoms with Crippen molar-refractivity contribution in [2.75, 3.05) is 0 Å². The van der Waals surface area contributed by atoms with E-state index in [1.807, 2.05) is 13.8 Å². The lowest BCUT2D eigenvalue weighted by atomic mass is 10.1. The van der Waals surface area contributed by atoms with E-state index in [0.717, 1.165) is 4.48 Å². The summed E-state index contributed by atoms with van der Waals surface area (Å²) in [7, 11) is 0. The van der Waals surface area contributed by atoms with Crippen LogP contribution in [0.5, 0.6) is 0 Å². The molecular formula is C15H11Br2Cl5O2. The molecule has 132 valence electrons. The van der Waals surface area contributed by atoms with Crippen LogP contribution in [0.3, 0.4) is 0 Å². The van der Waals surface area contributed by atoms with Crippen LogP contribution in [0.25, 0.3) is 0 Å². The van der Waals surface area contributed by atoms with Crippen LogP contribution in [-0.2, 0) is 16.1 Å². The lowest BCUT2D eigenvalue weighted by Crippen LogP contribution is -2.11. The molecule has 24 heavy (non-hydrogen) atoms. The zero-order valence-electron chi connectivity index (χ0n) is 12.4. The van der Waals surface area contributed by atoms with Crippen LogP contribution in [0.4, 0.5) is 0 Å². The van der Waals surface area contributed by atoms with E-state index in [2.05, 4.69) is 31.9 Å². The van der Waals surface area contributed by atoms with Gasteiger partial charge in [-0.15, -0.1) is 0 Å². The molecular weight excluding hydrogens is 549 g/mol. The van der Waals surface area contributed by atoms with Gasteiger partial charge in [0.1, 0.15) is 6.61 Å². The maximum absolute atomic E-state index is 12.4. The number of halogens is 7. The van der Waals surface area contributed by atoms with Gasteiger partial charge in [-0.1, -0.05) is 104 Å². The zero-order chi connectivity index (χ0) is 18.4. The molecule has 1 aromatic carbocycles. The summed E-state index contributed by atoms with van der Waals surface area (Å²) in [6.45, 7) is 3.86. The van der Waals surface area contributed by atoms with E-state index in [1.54, 1.807) is 4.99 Å². The Morgan fingerprint density at radius 1 is 1.04 bits per heavy atom. The molecule has 0 aromatic heterocycles. The Bertz CT molecular complexity index is 704. The summed E-state index contributed by atoms with van der Waals surface area (Å²) < 4.78 is 6.30. The molecule has 0 N–H and O–H groups in total. The molecule has 2 atom stereocenters. The average molecular weight is 560 g/mol. The molecule has 0 bridgehead atoms. The third-order valence-electron chi connectivity index (χ3n) is 4.14. The van der Waals surface area contributed by atoms with E-state index in [4.69, 9.17) is 62.7 Å². The number of hydrogen-bond donors (Lipinski definition) is 0. The van der Waals surface area contributed by atoms with Crippen LogP contribution in [-0.4, -0.2) is 5.97 Å². The topological polar surface area (TPSA) is 26.3 Å². The quantitative estimate of drug-likeness (QED) is 0.213. The summed E-state index contributed by atoms with van der Waals surface area (Å²) >= 11 is 36.9. The SMILES string of the molecule is CC1(C)C(C(=O)OCc2c(Cl)c(Cl)c(Cl)c(Cl)c2Cl)C1/C(Br)=C/Br. The predicted molar refractivity (Wildman–Crippen MR) is 108 cm³/mol. The van der Waals surface area contributed by atoms with E-state index in [9.17, 15) is 4.79 Å². The zero-order valence-corrected chi connectivity index (χ0v) is 19.4. The monoisotopic (exact) mass is 556 g/mol. The normalized spacial score (nSPS) is 22.5. The van der Waals surface area contributed by atoms with Crippen molar-refractivity contribution in [3.05, 3.63) is 40.1 Å². The Labute approximate surface area is 182 Å². The van der Waals surface area contributed by atoms with Crippen LogP contribution in [0.1, 0.15) is 19.4 Å². The summed E-state index contributed by atoms with van der Waals surface area (Å²) in [6, 6.07) is 0. The van der Waals surface area contributed by atoms with Gasteiger partial charge < -0.3 is 4.74 Å². The molecule has 1 aromatic rings. The number of allylic oxidation sites excluding steroid dienone is 1. The van der Waals surface area contributed by atoms with E-state index >= 15 is 0 Å². The molecule has 2 rings (SSSR count). The maximum Gasteiger partial charge on any atom is 0.310 e. The lowest BCUT2D eigenvalue weighted by molar-refractivity contribution is -0.147. The second-order valence-corrected chi connectivity index (χ2v) is 9.19. The maximum atomic E-state index is 12.4. The summed E-state index contributed by atoms with van der Waals surface area (Å²) in [6.07, 6.45) is 0. The largest absolute Gasteiger partial charge is 0.460 e. The van der Waals surface area contributed by atoms with E-state index in [1.165, 1.54) is 0 Å². The molecule has 1 aliphatic rings. The fraction of sp³-hybridized carbons (Fsp3) is 0.400. The summed E-state index contributed by atoms with van der Waals surface area (Å²) in [5, 5.41) is 0.467. The molecule has 1 saturated carbocycles. The molecule has 0 spiro atoms. The Morgan fingerprint density at radius 3 is 1.96 bits per heavy atom. The third-order valence-corrected chi connectivity index (χ3v) is 8.33. The van der Waals surface area contributed by atoms with Gasteiger partial charge in [0, 0.05) is 16.0 Å². The first kappa shape index (κ1) is 21.1. The molecule has 1 fully saturated rings. The van der Waals surface area contributed by atoms with Crippen molar-refractivity contribution in [2.24, 2.45) is 17.3 Å². The molecule has 9 heteroatoms. The van der Waals surface area contributed by atoms with Gasteiger partial charge in [0.2, 0.25) is 0 Å². The molecule has 0 heterocycles. The van der Waals surface area contributed by atoms with Crippen LogP contribution >= 0.6 is 89.9 Å². The molecule has 0 radical (unpaired) electrons. The van der Waals surface area contributed by atoms with Gasteiger partial charge in [0.15, 0.2) is 0 Å². The van der Waals surface area contributed by atoms with Crippen molar-refractivity contribution in [1.82, 2.24) is 0 Å². The summed E-state index contributed by atoms with van der Waals surface area (Å²) in [5.41, 5.74) is 0.125. The van der Waals surface area contributed by atoms with E-state index < -0.39 is 0 Å². The minimum atomic E-state index is -0.342. The van der Waals surface area contributed by atoms with Crippen LogP contribution in [0.15, 0.2) is 9.47 Å². The highest BCUT2D eigenvalue weighted by molar-refractivity contribution is 9.14. The molecule has 0 saturated heterocycles. The van der Waals surface area contributed by atoms with Crippen molar-refractivity contribution in [3.8, 4) is 0 Å². The van der Waals surface area contributed by atoms with Crippen molar-refractivity contribution in [1.29, 1.82) is 0 Å². The minimum Gasteiger partial charge on any atom is -0.460 e. The number of benzene rings is 1. The number of esters is 1. The third kappa shape index (κ3) is 3.76. The van der Waals surface area contributed by atoms with Gasteiger partial charge in [-0.05, 0) is 10.4 Å². The highest BCUT2D eigenvalue weighted by Crippen LogP contribution is 2.63. The highest BCUT2D eigenvalue weighted by atomic mass is 79.9. The Hall–Kier alpha value is 0.840. The standard InChI is InChI=1S/C15H11Br2Cl5O2/c1-15(2)7(6(17)3-16)8(15)14(23)24-4-5-9(18)11(20)13(22)12(21)10(5)19/h3,7-8H,4H2,1-2H3/b6-3-. The minimum absolute atomic E-state index is 0.0488. The number of rotatable bonds is 4. The van der Waals surface area contributed by atoms with Crippen LogP contribution in [0.2, 0.25) is 25.1 Å². The van der Waals surface area contributed by atoms with Gasteiger partial charge in [0.05, 0.1) is 31.0 Å². The van der Waals surface area contributed by atoms with Crippen molar-refractivity contribution < 1.29 is 9.53 Å². The summed E-state index contributed by atoms with van der Waals surface area (Å²) in [5.74, 6) is -0.560. The van der Waals surface area contributed by atoms with E-state index in [-0.39, 0.29) is 54.9 Å². The van der Waals surface area contributed by atoms with Gasteiger partial charge in [0.25, 0.3) is 0 Å². The fourth-order valence-corrected chi connectivity index (χ4v) is 5.10. The van der Waals surface area contributed by atoms with E-state index in [0.29, 0.717) is 5.56 Å². The van der Waals surface area contributed by atoms with Crippen LogP contribution in [0, 0.1) is 17.3 Å². The van der Waals surface area contributed by atoms with Crippen molar-refractivity contribution in [3.63, 3.8) is 0 Å². The van der Waals surface area contributed by atoms with Gasteiger partial charge in [-0.3, -0.25) is 4.79 Å². The first-order valence-electron chi connectivity index (χ1n) is 6.68. The first-order chi connectivity index (χ1) is 11.1. The van der Waals surface area contributed by atoms with Gasteiger partial charge >= 0.3 is 5.97 Å². The first-order valence-corrected chi connectivity index (χ1v) is 10.3. The van der Waals surface area contributed by atoms with Crippen molar-refractivity contribution >= 4 is 95.8 Å². The second-order valence-electron chi connectivity index (χ2n) is 5.93. The van der Waals surface area contributed by atoms with Crippen LogP contribution < -0.4 is 0 Å². The molecule has 0 aliphatic heterocycles. The Morgan fingerprint density at radius 2 is 1.50 bits per heavy atom. The lowest BCUT2D eigenvalue weighted by Gasteiger charge is -2.13. The Kier molecular flexibility index (Phi) is 6.90. The number of ether oxygens (including phenoxy) is 1. The number of carbonyl (C=O) groups excluding carboxylic acids is 1. The fourth-order valence-electron chi connectivity index (χ4n) is 2.67.